The van der Waals surface area contributed by atoms with E-state index in [-0.39, 0.29) is 34.8 Å². The Labute approximate surface area is 179 Å². The maximum Gasteiger partial charge on any atom is 0.338 e. The molecule has 0 unspecified atom stereocenters. The number of rotatable bonds is 5. The zero-order chi connectivity index (χ0) is 22.1. The minimum absolute atomic E-state index is 0.179. The third-order valence-corrected chi connectivity index (χ3v) is 6.05. The molecule has 1 saturated heterocycles. The molecule has 2 fully saturated rings. The lowest BCUT2D eigenvalue weighted by Crippen LogP contribution is -2.30. The van der Waals surface area contributed by atoms with Gasteiger partial charge in [0, 0.05) is 5.56 Å². The van der Waals surface area contributed by atoms with Crippen molar-refractivity contribution in [3.05, 3.63) is 65.5 Å². The second kappa shape index (κ2) is 8.41. The Morgan fingerprint density at radius 1 is 0.935 bits per heavy atom. The van der Waals surface area contributed by atoms with Gasteiger partial charge < -0.3 is 4.74 Å². The first-order valence-corrected chi connectivity index (χ1v) is 10.3. The van der Waals surface area contributed by atoms with Gasteiger partial charge in [-0.2, -0.15) is 0 Å². The largest absolute Gasteiger partial charge is 0.454 e. The van der Waals surface area contributed by atoms with Crippen LogP contribution < -0.4 is 4.90 Å². The quantitative estimate of drug-likeness (QED) is 0.415. The average molecular weight is 423 g/mol. The summed E-state index contributed by atoms with van der Waals surface area (Å²) >= 11 is 0. The highest BCUT2D eigenvalue weighted by atomic mass is 19.1. The molecule has 0 bridgehead atoms. The molecule has 2 aliphatic rings. The van der Waals surface area contributed by atoms with Crippen LogP contribution in [0, 0.1) is 23.6 Å². The molecule has 1 saturated carbocycles. The van der Waals surface area contributed by atoms with Gasteiger partial charge in [0.15, 0.2) is 12.4 Å². The van der Waals surface area contributed by atoms with Crippen molar-refractivity contribution in [3.8, 4) is 0 Å². The first-order valence-electron chi connectivity index (χ1n) is 10.3. The number of hydrogen-bond acceptors (Lipinski definition) is 5. The van der Waals surface area contributed by atoms with E-state index >= 15 is 0 Å². The molecule has 7 heteroatoms. The number of Topliss-reactive ketones (excluding diaryl/α,β-unsaturated/α-hetero) is 1. The van der Waals surface area contributed by atoms with E-state index in [0.717, 1.165) is 31.4 Å². The summed E-state index contributed by atoms with van der Waals surface area (Å²) in [6.07, 6.45) is 2.38. The Morgan fingerprint density at radius 3 is 2.23 bits per heavy atom. The number of benzene rings is 2. The number of amides is 2. The Balaban J connectivity index is 1.40. The van der Waals surface area contributed by atoms with Crippen LogP contribution in [0.4, 0.5) is 10.1 Å². The first-order chi connectivity index (χ1) is 14.8. The van der Waals surface area contributed by atoms with Crippen molar-refractivity contribution in [3.63, 3.8) is 0 Å². The maximum atomic E-state index is 12.9. The molecule has 3 atom stereocenters. The maximum absolute atomic E-state index is 12.9. The SMILES string of the molecule is C[C@H]1CC[C@H]2C(=O)N(c3ccc(C(=O)OCC(=O)c4ccc(F)cc4)cc3)C(=O)[C@@H]2C1. The second-order valence-corrected chi connectivity index (χ2v) is 8.20. The van der Waals surface area contributed by atoms with Crippen LogP contribution in [-0.2, 0) is 14.3 Å². The summed E-state index contributed by atoms with van der Waals surface area (Å²) in [5.41, 5.74) is 0.864. The van der Waals surface area contributed by atoms with E-state index in [1.165, 1.54) is 41.3 Å². The highest BCUT2D eigenvalue weighted by molar-refractivity contribution is 6.22. The molecule has 6 nitrogen and oxygen atoms in total. The number of anilines is 1. The van der Waals surface area contributed by atoms with Crippen LogP contribution in [0.15, 0.2) is 48.5 Å². The molecule has 1 aliphatic carbocycles. The monoisotopic (exact) mass is 423 g/mol. The third kappa shape index (κ3) is 4.13. The Morgan fingerprint density at radius 2 is 1.55 bits per heavy atom. The lowest BCUT2D eigenvalue weighted by molar-refractivity contribution is -0.122. The molecule has 2 amide bonds. The second-order valence-electron chi connectivity index (χ2n) is 8.20. The Hall–Kier alpha value is -3.35. The molecule has 1 aliphatic heterocycles. The molecule has 4 rings (SSSR count). The van der Waals surface area contributed by atoms with E-state index < -0.39 is 24.2 Å². The van der Waals surface area contributed by atoms with Gasteiger partial charge in [-0.15, -0.1) is 0 Å². The van der Waals surface area contributed by atoms with Crippen LogP contribution in [0.25, 0.3) is 0 Å². The number of nitrogens with zero attached hydrogens (tertiary/aromatic N) is 1. The van der Waals surface area contributed by atoms with Crippen molar-refractivity contribution >= 4 is 29.3 Å². The summed E-state index contributed by atoms with van der Waals surface area (Å²) in [5, 5.41) is 0. The van der Waals surface area contributed by atoms with Crippen molar-refractivity contribution in [1.29, 1.82) is 0 Å². The normalized spacial score (nSPS) is 22.9. The Bertz CT molecular complexity index is 1030. The summed E-state index contributed by atoms with van der Waals surface area (Å²) in [7, 11) is 0. The standard InChI is InChI=1S/C24H22FNO5/c1-14-2-11-19-20(12-14)23(29)26(22(19)28)18-9-5-16(6-10-18)24(30)31-13-21(27)15-3-7-17(25)8-4-15/h3-10,14,19-20H,2,11-13H2,1H3/t14-,19+,20+/m0/s1. The topological polar surface area (TPSA) is 80.8 Å². The van der Waals surface area contributed by atoms with Crippen molar-refractivity contribution < 1.29 is 28.3 Å². The van der Waals surface area contributed by atoms with E-state index in [9.17, 15) is 23.6 Å². The van der Waals surface area contributed by atoms with E-state index in [1.807, 2.05) is 0 Å². The molecular formula is C24H22FNO5. The van der Waals surface area contributed by atoms with Gasteiger partial charge in [0.05, 0.1) is 23.1 Å². The van der Waals surface area contributed by atoms with Crippen LogP contribution in [-0.4, -0.2) is 30.2 Å². The Kier molecular flexibility index (Phi) is 5.67. The number of esters is 1. The van der Waals surface area contributed by atoms with Gasteiger partial charge in [0.1, 0.15) is 5.82 Å². The molecular weight excluding hydrogens is 401 g/mol. The van der Waals surface area contributed by atoms with Crippen LogP contribution in [0.1, 0.15) is 46.9 Å². The number of imide groups is 1. The van der Waals surface area contributed by atoms with Gasteiger partial charge in [-0.1, -0.05) is 6.92 Å². The zero-order valence-corrected chi connectivity index (χ0v) is 17.0. The van der Waals surface area contributed by atoms with Gasteiger partial charge in [0.25, 0.3) is 0 Å². The van der Waals surface area contributed by atoms with Crippen molar-refractivity contribution in [2.24, 2.45) is 17.8 Å². The molecule has 1 heterocycles. The number of carbonyl (C=O) groups is 4. The number of hydrogen-bond donors (Lipinski definition) is 0. The van der Waals surface area contributed by atoms with Crippen LogP contribution >= 0.6 is 0 Å². The summed E-state index contributed by atoms with van der Waals surface area (Å²) in [6.45, 7) is 1.62. The van der Waals surface area contributed by atoms with Crippen molar-refractivity contribution in [1.82, 2.24) is 0 Å². The zero-order valence-electron chi connectivity index (χ0n) is 17.0. The number of ether oxygens (including phenoxy) is 1. The number of ketones is 1. The van der Waals surface area contributed by atoms with Gasteiger partial charge >= 0.3 is 5.97 Å². The summed E-state index contributed by atoms with van der Waals surface area (Å²) in [4.78, 5) is 51.1. The van der Waals surface area contributed by atoms with Gasteiger partial charge in [-0.3, -0.25) is 19.3 Å². The van der Waals surface area contributed by atoms with Crippen molar-refractivity contribution in [2.45, 2.75) is 26.2 Å². The van der Waals surface area contributed by atoms with E-state index in [0.29, 0.717) is 11.6 Å². The highest BCUT2D eigenvalue weighted by Crippen LogP contribution is 2.42. The smallest absolute Gasteiger partial charge is 0.338 e. The fourth-order valence-corrected chi connectivity index (χ4v) is 4.32. The number of carbonyl (C=O) groups excluding carboxylic acids is 4. The van der Waals surface area contributed by atoms with E-state index in [2.05, 4.69) is 6.92 Å². The van der Waals surface area contributed by atoms with Crippen LogP contribution in [0.5, 0.6) is 0 Å². The van der Waals surface area contributed by atoms with E-state index in [4.69, 9.17) is 4.74 Å². The summed E-state index contributed by atoms with van der Waals surface area (Å²) in [6, 6.07) is 11.0. The lowest BCUT2D eigenvalue weighted by Gasteiger charge is -2.25. The minimum atomic E-state index is -0.705. The van der Waals surface area contributed by atoms with Gasteiger partial charge in [-0.25, -0.2) is 9.18 Å². The lowest BCUT2D eigenvalue weighted by atomic mass is 9.76. The van der Waals surface area contributed by atoms with Gasteiger partial charge in [-0.05, 0) is 73.7 Å². The fourth-order valence-electron chi connectivity index (χ4n) is 4.32. The average Bonchev–Trinajstić information content (AvgIpc) is 3.02. The number of fused-ring (bicyclic) bond motifs is 1. The van der Waals surface area contributed by atoms with Crippen LogP contribution in [0.3, 0.4) is 0 Å². The highest BCUT2D eigenvalue weighted by Gasteiger charge is 2.49. The van der Waals surface area contributed by atoms with E-state index in [1.54, 1.807) is 0 Å². The molecule has 2 aromatic carbocycles. The van der Waals surface area contributed by atoms with Crippen LogP contribution in [0.2, 0.25) is 0 Å². The first kappa shape index (κ1) is 20.9. The predicted octanol–water partition coefficient (Wildman–Crippen LogP) is 3.79. The predicted molar refractivity (Wildman–Crippen MR) is 110 cm³/mol. The molecule has 160 valence electrons. The molecule has 0 N–H and O–H groups in total. The van der Waals surface area contributed by atoms with Gasteiger partial charge in [0.2, 0.25) is 11.8 Å². The molecule has 0 spiro atoms. The third-order valence-electron chi connectivity index (χ3n) is 6.05. The molecule has 0 aromatic heterocycles. The summed E-state index contributed by atoms with van der Waals surface area (Å²) in [5.74, 6) is -2.07. The minimum Gasteiger partial charge on any atom is -0.454 e. The fraction of sp³-hybridized carbons (Fsp3) is 0.333. The number of halogens is 1. The molecule has 31 heavy (non-hydrogen) atoms. The van der Waals surface area contributed by atoms with Crippen molar-refractivity contribution in [2.75, 3.05) is 11.5 Å². The molecule has 0 radical (unpaired) electrons. The summed E-state index contributed by atoms with van der Waals surface area (Å²) < 4.78 is 18.0. The molecule has 2 aromatic rings.